The summed E-state index contributed by atoms with van der Waals surface area (Å²) in [6.45, 7) is 3.51. The van der Waals surface area contributed by atoms with Gasteiger partial charge in [0.15, 0.2) is 5.79 Å². The van der Waals surface area contributed by atoms with Gasteiger partial charge in [0.05, 0.1) is 25.7 Å². The van der Waals surface area contributed by atoms with Crippen LogP contribution in [0.3, 0.4) is 0 Å². The molecule has 0 spiro atoms. The van der Waals surface area contributed by atoms with E-state index >= 15 is 0 Å². The second-order valence-corrected chi connectivity index (χ2v) is 6.97. The first-order valence-electron chi connectivity index (χ1n) is 8.79. The van der Waals surface area contributed by atoms with Gasteiger partial charge < -0.3 is 19.3 Å². The van der Waals surface area contributed by atoms with Crippen LogP contribution in [0, 0.1) is 11.8 Å². The number of unbranched alkanes of at least 4 members (excludes halogenated alkanes) is 2. The fraction of sp³-hybridized carbons (Fsp3) is 0.941. The molecule has 0 aromatic heterocycles. The molecule has 126 valence electrons. The zero-order valence-corrected chi connectivity index (χ0v) is 13.5. The van der Waals surface area contributed by atoms with E-state index in [2.05, 4.69) is 6.92 Å². The smallest absolute Gasteiger partial charge is 0.306 e. The highest BCUT2D eigenvalue weighted by atomic mass is 16.7. The van der Waals surface area contributed by atoms with Crippen LogP contribution in [-0.4, -0.2) is 42.3 Å². The molecule has 1 saturated carbocycles. The third kappa shape index (κ3) is 3.31. The Balaban J connectivity index is 1.56. The predicted molar refractivity (Wildman–Crippen MR) is 80.1 cm³/mol. The maximum atomic E-state index is 11.5. The van der Waals surface area contributed by atoms with E-state index in [-0.39, 0.29) is 30.0 Å². The van der Waals surface area contributed by atoms with Gasteiger partial charge in [-0.2, -0.15) is 0 Å². The van der Waals surface area contributed by atoms with Crippen LogP contribution >= 0.6 is 0 Å². The van der Waals surface area contributed by atoms with Crippen LogP contribution in [0.4, 0.5) is 0 Å². The molecule has 1 N–H and O–H groups in total. The van der Waals surface area contributed by atoms with Crippen LogP contribution in [0.2, 0.25) is 0 Å². The van der Waals surface area contributed by atoms with Gasteiger partial charge in [-0.05, 0) is 18.8 Å². The van der Waals surface area contributed by atoms with Crippen molar-refractivity contribution < 1.29 is 24.1 Å². The van der Waals surface area contributed by atoms with E-state index in [0.29, 0.717) is 26.1 Å². The molecule has 2 saturated heterocycles. The summed E-state index contributed by atoms with van der Waals surface area (Å²) in [4.78, 5) is 11.5. The number of carbonyl (C=O) groups is 1. The van der Waals surface area contributed by atoms with E-state index in [1.54, 1.807) is 0 Å². The molecule has 2 aliphatic heterocycles. The van der Waals surface area contributed by atoms with E-state index in [1.165, 1.54) is 12.8 Å². The molecule has 0 aromatic rings. The van der Waals surface area contributed by atoms with E-state index < -0.39 is 5.79 Å². The Bertz CT molecular complexity index is 391. The Morgan fingerprint density at radius 3 is 2.73 bits per heavy atom. The lowest BCUT2D eigenvalue weighted by Gasteiger charge is -2.30. The van der Waals surface area contributed by atoms with E-state index in [1.807, 2.05) is 0 Å². The maximum absolute atomic E-state index is 11.5. The minimum absolute atomic E-state index is 0.0750. The SMILES string of the molecule is CCCCCC1(CC[C@H]2[C@@H](O)CC3OC(=O)C[C@@H]32)OCCO1. The Hall–Kier alpha value is -0.650. The van der Waals surface area contributed by atoms with Crippen molar-refractivity contribution in [1.29, 1.82) is 0 Å². The summed E-state index contributed by atoms with van der Waals surface area (Å²) >= 11 is 0. The zero-order chi connectivity index (χ0) is 15.6. The molecular formula is C17H28O5. The second-order valence-electron chi connectivity index (χ2n) is 6.97. The molecule has 5 heteroatoms. The fourth-order valence-electron chi connectivity index (χ4n) is 4.32. The number of hydrogen-bond donors (Lipinski definition) is 1. The minimum Gasteiger partial charge on any atom is -0.462 e. The summed E-state index contributed by atoms with van der Waals surface area (Å²) in [5, 5.41) is 10.3. The molecule has 1 aliphatic carbocycles. The normalized spacial score (nSPS) is 36.5. The predicted octanol–water partition coefficient (Wildman–Crippen LogP) is 2.40. The van der Waals surface area contributed by atoms with Crippen molar-refractivity contribution in [2.45, 2.75) is 76.3 Å². The Labute approximate surface area is 132 Å². The average Bonchev–Trinajstić information content (AvgIpc) is 3.13. The number of ether oxygens (including phenoxy) is 3. The molecule has 2 heterocycles. The van der Waals surface area contributed by atoms with Gasteiger partial charge in [0.25, 0.3) is 0 Å². The summed E-state index contributed by atoms with van der Waals surface area (Å²) in [5.41, 5.74) is 0. The highest BCUT2D eigenvalue weighted by Crippen LogP contribution is 2.45. The standard InChI is InChI=1S/C17H28O5/c1-2-3-4-6-17(20-8-9-21-17)7-5-12-13-10-16(19)22-15(13)11-14(12)18/h12-15,18H,2-11H2,1H3/t12-,13-,14+,15?/m1/s1. The quantitative estimate of drug-likeness (QED) is 0.577. The molecule has 3 rings (SSSR count). The second kappa shape index (κ2) is 6.85. The molecule has 0 amide bonds. The molecule has 4 atom stereocenters. The largest absolute Gasteiger partial charge is 0.462 e. The highest BCUT2D eigenvalue weighted by molar-refractivity contribution is 5.72. The van der Waals surface area contributed by atoms with E-state index in [9.17, 15) is 9.90 Å². The number of aliphatic hydroxyl groups excluding tert-OH is 1. The zero-order valence-electron chi connectivity index (χ0n) is 13.5. The monoisotopic (exact) mass is 312 g/mol. The van der Waals surface area contributed by atoms with Crippen LogP contribution < -0.4 is 0 Å². The van der Waals surface area contributed by atoms with Crippen molar-refractivity contribution in [2.75, 3.05) is 13.2 Å². The molecule has 5 nitrogen and oxygen atoms in total. The van der Waals surface area contributed by atoms with Gasteiger partial charge in [0, 0.05) is 25.2 Å². The number of aliphatic hydroxyl groups is 1. The molecular weight excluding hydrogens is 284 g/mol. The Morgan fingerprint density at radius 2 is 2.00 bits per heavy atom. The van der Waals surface area contributed by atoms with Crippen LogP contribution in [0.5, 0.6) is 0 Å². The van der Waals surface area contributed by atoms with Gasteiger partial charge in [-0.3, -0.25) is 4.79 Å². The minimum atomic E-state index is -0.462. The van der Waals surface area contributed by atoms with Gasteiger partial charge in [0.2, 0.25) is 0 Å². The summed E-state index contributed by atoms with van der Waals surface area (Å²) in [7, 11) is 0. The number of fused-ring (bicyclic) bond motifs is 1. The third-order valence-corrected chi connectivity index (χ3v) is 5.51. The Morgan fingerprint density at radius 1 is 1.23 bits per heavy atom. The van der Waals surface area contributed by atoms with Gasteiger partial charge in [-0.1, -0.05) is 19.8 Å². The molecule has 0 radical (unpaired) electrons. The van der Waals surface area contributed by atoms with Crippen molar-refractivity contribution in [3.8, 4) is 0 Å². The van der Waals surface area contributed by atoms with Gasteiger partial charge in [-0.15, -0.1) is 0 Å². The van der Waals surface area contributed by atoms with Crippen molar-refractivity contribution >= 4 is 5.97 Å². The number of rotatable bonds is 7. The summed E-state index contributed by atoms with van der Waals surface area (Å²) < 4.78 is 17.1. The fourth-order valence-corrected chi connectivity index (χ4v) is 4.32. The van der Waals surface area contributed by atoms with Crippen molar-refractivity contribution in [2.24, 2.45) is 11.8 Å². The number of hydrogen-bond acceptors (Lipinski definition) is 5. The number of esters is 1. The lowest BCUT2D eigenvalue weighted by molar-refractivity contribution is -0.171. The lowest BCUT2D eigenvalue weighted by atomic mass is 9.86. The van der Waals surface area contributed by atoms with Gasteiger partial charge >= 0.3 is 5.97 Å². The third-order valence-electron chi connectivity index (χ3n) is 5.51. The first kappa shape index (κ1) is 16.2. The summed E-state index contributed by atoms with van der Waals surface area (Å²) in [5.74, 6) is -0.266. The van der Waals surface area contributed by atoms with E-state index in [0.717, 1.165) is 25.7 Å². The van der Waals surface area contributed by atoms with Crippen LogP contribution in [0.25, 0.3) is 0 Å². The first-order valence-corrected chi connectivity index (χ1v) is 8.79. The van der Waals surface area contributed by atoms with Crippen molar-refractivity contribution in [3.05, 3.63) is 0 Å². The summed E-state index contributed by atoms with van der Waals surface area (Å²) in [6, 6.07) is 0. The summed E-state index contributed by atoms with van der Waals surface area (Å²) in [6.07, 6.45) is 6.65. The molecule has 0 aromatic carbocycles. The van der Waals surface area contributed by atoms with Gasteiger partial charge in [0.1, 0.15) is 6.10 Å². The van der Waals surface area contributed by atoms with Crippen molar-refractivity contribution in [1.82, 2.24) is 0 Å². The van der Waals surface area contributed by atoms with Crippen LogP contribution in [-0.2, 0) is 19.0 Å². The van der Waals surface area contributed by atoms with E-state index in [4.69, 9.17) is 14.2 Å². The Kier molecular flexibility index (Phi) is 5.05. The first-order chi connectivity index (χ1) is 10.6. The highest BCUT2D eigenvalue weighted by Gasteiger charge is 2.50. The van der Waals surface area contributed by atoms with Crippen LogP contribution in [0.15, 0.2) is 0 Å². The van der Waals surface area contributed by atoms with Gasteiger partial charge in [-0.25, -0.2) is 0 Å². The van der Waals surface area contributed by atoms with Crippen LogP contribution in [0.1, 0.15) is 58.3 Å². The average molecular weight is 312 g/mol. The molecule has 3 fully saturated rings. The number of carbonyl (C=O) groups excluding carboxylic acids is 1. The molecule has 0 bridgehead atoms. The molecule has 22 heavy (non-hydrogen) atoms. The molecule has 1 unspecified atom stereocenters. The molecule has 3 aliphatic rings. The van der Waals surface area contributed by atoms with Crippen molar-refractivity contribution in [3.63, 3.8) is 0 Å². The topological polar surface area (TPSA) is 65.0 Å². The maximum Gasteiger partial charge on any atom is 0.306 e. The lowest BCUT2D eigenvalue weighted by Crippen LogP contribution is -2.32.